The van der Waals surface area contributed by atoms with Gasteiger partial charge < -0.3 is 4.74 Å². The van der Waals surface area contributed by atoms with Gasteiger partial charge in [-0.3, -0.25) is 25.0 Å². The van der Waals surface area contributed by atoms with E-state index in [1.807, 2.05) is 0 Å². The van der Waals surface area contributed by atoms with Crippen molar-refractivity contribution in [2.24, 2.45) is 0 Å². The van der Waals surface area contributed by atoms with E-state index in [2.05, 4.69) is 19.9 Å². The number of hydrogen-bond donors (Lipinski definition) is 2. The van der Waals surface area contributed by atoms with E-state index in [-0.39, 0.29) is 23.7 Å². The number of sulfonamides is 1. The van der Waals surface area contributed by atoms with Crippen LogP contribution in [0.4, 0.5) is 0 Å². The van der Waals surface area contributed by atoms with E-state index in [1.165, 1.54) is 60.7 Å². The molecule has 2 aromatic heterocycles. The van der Waals surface area contributed by atoms with Crippen LogP contribution >= 0.6 is 0 Å². The molecule has 0 fully saturated rings. The number of hydroxylamine groups is 1. The van der Waals surface area contributed by atoms with E-state index < -0.39 is 22.0 Å². The van der Waals surface area contributed by atoms with Crippen LogP contribution in [0.3, 0.4) is 0 Å². The Hall–Kier alpha value is -3.48. The molecule has 11 nitrogen and oxygen atoms in total. The summed E-state index contributed by atoms with van der Waals surface area (Å²) in [7, 11) is -4.09. The number of carbonyl (C=O) groups is 1. The molecule has 1 unspecified atom stereocenters. The lowest BCUT2D eigenvalue weighted by Gasteiger charge is -2.33. The first-order chi connectivity index (χ1) is 14.5. The normalized spacial score (nSPS) is 16.5. The van der Waals surface area contributed by atoms with Gasteiger partial charge in [-0.1, -0.05) is 0 Å². The van der Waals surface area contributed by atoms with Crippen LogP contribution in [0.15, 0.2) is 60.1 Å². The van der Waals surface area contributed by atoms with Gasteiger partial charge in [-0.25, -0.2) is 18.9 Å². The summed E-state index contributed by atoms with van der Waals surface area (Å²) in [5.41, 5.74) is 2.48. The fourth-order valence-corrected chi connectivity index (χ4v) is 4.61. The smallest absolute Gasteiger partial charge is 0.262 e. The Labute approximate surface area is 171 Å². The van der Waals surface area contributed by atoms with Crippen molar-refractivity contribution in [2.75, 3.05) is 0 Å². The highest BCUT2D eigenvalue weighted by Crippen LogP contribution is 2.29. The van der Waals surface area contributed by atoms with E-state index in [9.17, 15) is 13.2 Å². The predicted octanol–water partition coefficient (Wildman–Crippen LogP) is 0.680. The SMILES string of the molecule is O=C(NO)C1Cc2nccnc2CN1S(=O)(=O)c1ccc(Oc2cnccn2)cc1. The van der Waals surface area contributed by atoms with Gasteiger partial charge in [0.25, 0.3) is 5.91 Å². The minimum Gasteiger partial charge on any atom is -0.438 e. The first kappa shape index (κ1) is 19.8. The van der Waals surface area contributed by atoms with Gasteiger partial charge in [-0.05, 0) is 24.3 Å². The maximum Gasteiger partial charge on any atom is 0.262 e. The van der Waals surface area contributed by atoms with Crippen molar-refractivity contribution < 1.29 is 23.2 Å². The standard InChI is InChI=1S/C18H16N6O5S/c25-18(23-26)16-9-14-15(21-8-7-20-14)11-24(16)30(27,28)13-3-1-12(2-4-13)29-17-10-19-5-6-22-17/h1-8,10,16,26H,9,11H2,(H,23,25). The maximum absolute atomic E-state index is 13.3. The molecule has 1 aliphatic rings. The maximum atomic E-state index is 13.3. The molecule has 0 aliphatic carbocycles. The Bertz CT molecular complexity index is 1160. The molecule has 12 heteroatoms. The monoisotopic (exact) mass is 428 g/mol. The molecule has 4 rings (SSSR count). The van der Waals surface area contributed by atoms with Crippen LogP contribution in [0, 0.1) is 0 Å². The van der Waals surface area contributed by atoms with Crippen LogP contribution in [0.25, 0.3) is 0 Å². The quantitative estimate of drug-likeness (QED) is 0.442. The van der Waals surface area contributed by atoms with Crippen LogP contribution < -0.4 is 10.2 Å². The molecule has 1 amide bonds. The molecule has 2 N–H and O–H groups in total. The number of nitrogens with one attached hydrogen (secondary N) is 1. The number of nitrogens with zero attached hydrogens (tertiary/aromatic N) is 5. The van der Waals surface area contributed by atoms with Crippen molar-refractivity contribution >= 4 is 15.9 Å². The molecule has 1 aromatic carbocycles. The van der Waals surface area contributed by atoms with Gasteiger partial charge in [0.05, 0.1) is 29.0 Å². The van der Waals surface area contributed by atoms with E-state index in [0.717, 1.165) is 4.31 Å². The van der Waals surface area contributed by atoms with Crippen LogP contribution in [-0.2, 0) is 27.8 Å². The molecule has 0 saturated heterocycles. The van der Waals surface area contributed by atoms with Crippen molar-refractivity contribution in [2.45, 2.75) is 23.9 Å². The first-order valence-electron chi connectivity index (χ1n) is 8.77. The lowest BCUT2D eigenvalue weighted by atomic mass is 10.0. The zero-order chi connectivity index (χ0) is 21.1. The molecular weight excluding hydrogens is 412 g/mol. The number of aromatic nitrogens is 4. The molecule has 1 aliphatic heterocycles. The lowest BCUT2D eigenvalue weighted by molar-refractivity contribution is -0.133. The molecule has 1 atom stereocenters. The molecule has 0 radical (unpaired) electrons. The van der Waals surface area contributed by atoms with E-state index >= 15 is 0 Å². The highest BCUT2D eigenvalue weighted by Gasteiger charge is 2.40. The van der Waals surface area contributed by atoms with Crippen molar-refractivity contribution in [1.29, 1.82) is 0 Å². The molecule has 3 heterocycles. The largest absolute Gasteiger partial charge is 0.438 e. The van der Waals surface area contributed by atoms with Gasteiger partial charge in [0.15, 0.2) is 0 Å². The number of fused-ring (bicyclic) bond motifs is 1. The summed E-state index contributed by atoms with van der Waals surface area (Å²) >= 11 is 0. The molecule has 154 valence electrons. The van der Waals surface area contributed by atoms with Crippen molar-refractivity contribution in [3.8, 4) is 11.6 Å². The summed E-state index contributed by atoms with van der Waals surface area (Å²) in [5, 5.41) is 9.08. The second-order valence-electron chi connectivity index (χ2n) is 6.31. The molecule has 0 bridgehead atoms. The Balaban J connectivity index is 1.63. The molecule has 3 aromatic rings. The average Bonchev–Trinajstić information content (AvgIpc) is 2.78. The van der Waals surface area contributed by atoms with Crippen molar-refractivity contribution in [3.63, 3.8) is 0 Å². The topological polar surface area (TPSA) is 148 Å². The van der Waals surface area contributed by atoms with Crippen LogP contribution in [0.5, 0.6) is 11.6 Å². The Morgan fingerprint density at radius 1 is 1.07 bits per heavy atom. The summed E-state index contributed by atoms with van der Waals surface area (Å²) in [6.07, 6.45) is 7.30. The van der Waals surface area contributed by atoms with Gasteiger partial charge in [0, 0.05) is 31.2 Å². The minimum atomic E-state index is -4.09. The van der Waals surface area contributed by atoms with E-state index in [1.54, 1.807) is 0 Å². The lowest BCUT2D eigenvalue weighted by Crippen LogP contribution is -2.52. The summed E-state index contributed by atoms with van der Waals surface area (Å²) in [4.78, 5) is 28.3. The zero-order valence-corrected chi connectivity index (χ0v) is 16.2. The Kier molecular flexibility index (Phi) is 5.35. The first-order valence-corrected chi connectivity index (χ1v) is 10.2. The predicted molar refractivity (Wildman–Crippen MR) is 101 cm³/mol. The summed E-state index contributed by atoms with van der Waals surface area (Å²) in [5.74, 6) is -0.217. The molecular formula is C18H16N6O5S. The van der Waals surface area contributed by atoms with Gasteiger partial charge >= 0.3 is 0 Å². The molecule has 30 heavy (non-hydrogen) atoms. The number of ether oxygens (including phenoxy) is 1. The van der Waals surface area contributed by atoms with Gasteiger partial charge in [0.2, 0.25) is 15.9 Å². The fourth-order valence-electron chi connectivity index (χ4n) is 3.07. The van der Waals surface area contributed by atoms with Crippen LogP contribution in [0.1, 0.15) is 11.4 Å². The highest BCUT2D eigenvalue weighted by molar-refractivity contribution is 7.89. The average molecular weight is 428 g/mol. The number of benzene rings is 1. The van der Waals surface area contributed by atoms with Gasteiger partial charge in [-0.15, -0.1) is 0 Å². The number of amides is 1. The van der Waals surface area contributed by atoms with Crippen LogP contribution in [-0.4, -0.2) is 49.8 Å². The van der Waals surface area contributed by atoms with E-state index in [4.69, 9.17) is 9.94 Å². The van der Waals surface area contributed by atoms with Crippen molar-refractivity contribution in [3.05, 3.63) is 66.6 Å². The highest BCUT2D eigenvalue weighted by atomic mass is 32.2. The summed E-state index contributed by atoms with van der Waals surface area (Å²) in [6.45, 7) is -0.151. The second-order valence-corrected chi connectivity index (χ2v) is 8.20. The Morgan fingerprint density at radius 2 is 1.77 bits per heavy atom. The number of rotatable bonds is 5. The summed E-state index contributed by atoms with van der Waals surface area (Å²) < 4.78 is 33.0. The third-order valence-electron chi connectivity index (χ3n) is 4.51. The Morgan fingerprint density at radius 3 is 2.43 bits per heavy atom. The zero-order valence-electron chi connectivity index (χ0n) is 15.4. The second kappa shape index (κ2) is 8.10. The fraction of sp³-hybridized carbons (Fsp3) is 0.167. The molecule has 0 saturated carbocycles. The molecule has 0 spiro atoms. The van der Waals surface area contributed by atoms with Gasteiger partial charge in [0.1, 0.15) is 11.8 Å². The number of carbonyl (C=O) groups excluding carboxylic acids is 1. The minimum absolute atomic E-state index is 0.0112. The van der Waals surface area contributed by atoms with Gasteiger partial charge in [-0.2, -0.15) is 4.31 Å². The van der Waals surface area contributed by atoms with Crippen LogP contribution in [0.2, 0.25) is 0 Å². The number of hydrogen-bond acceptors (Lipinski definition) is 9. The summed E-state index contributed by atoms with van der Waals surface area (Å²) in [6, 6.07) is 4.50. The third-order valence-corrected chi connectivity index (χ3v) is 6.37. The third kappa shape index (κ3) is 3.83. The van der Waals surface area contributed by atoms with E-state index in [0.29, 0.717) is 17.1 Å². The van der Waals surface area contributed by atoms with Crippen molar-refractivity contribution in [1.82, 2.24) is 29.7 Å².